The van der Waals surface area contributed by atoms with Crippen molar-refractivity contribution in [2.45, 2.75) is 19.1 Å². The lowest BCUT2D eigenvalue weighted by Crippen LogP contribution is -2.30. The van der Waals surface area contributed by atoms with Crippen molar-refractivity contribution in [3.8, 4) is 5.88 Å². The molecule has 0 aliphatic rings. The summed E-state index contributed by atoms with van der Waals surface area (Å²) < 4.78 is 40.7. The molecule has 29 heavy (non-hydrogen) atoms. The predicted octanol–water partition coefficient (Wildman–Crippen LogP) is 5.00. The average Bonchev–Trinajstić information content (AvgIpc) is 2.94. The van der Waals surface area contributed by atoms with Crippen LogP contribution < -0.4 is 5.32 Å². The summed E-state index contributed by atoms with van der Waals surface area (Å²) in [5.74, 6) is -0.0817. The van der Waals surface area contributed by atoms with E-state index in [4.69, 9.17) is 0 Å². The molecule has 3 aromatic rings. The maximum absolute atomic E-state index is 13.6. The molecule has 0 amide bonds. The molecule has 1 unspecified atom stereocenters. The molecule has 3 N–H and O–H groups in total. The predicted molar refractivity (Wildman–Crippen MR) is 110 cm³/mol. The molecule has 5 nitrogen and oxygen atoms in total. The van der Waals surface area contributed by atoms with Crippen LogP contribution in [0.3, 0.4) is 0 Å². The highest BCUT2D eigenvalue weighted by Gasteiger charge is 2.34. The Balaban J connectivity index is 1.92. The summed E-state index contributed by atoms with van der Waals surface area (Å²) in [4.78, 5) is 8.88. The zero-order valence-electron chi connectivity index (χ0n) is 16.4. The molecule has 0 bridgehead atoms. The van der Waals surface area contributed by atoms with Gasteiger partial charge in [-0.3, -0.25) is 4.99 Å². The number of nitrogens with zero attached hydrogens (tertiary/aromatic N) is 2. The molecule has 1 atom stereocenters. The fourth-order valence-corrected chi connectivity index (χ4v) is 3.25. The van der Waals surface area contributed by atoms with Gasteiger partial charge in [0.15, 0.2) is 5.88 Å². The van der Waals surface area contributed by atoms with E-state index in [1.165, 1.54) is 18.3 Å². The summed E-state index contributed by atoms with van der Waals surface area (Å²) in [6, 6.07) is 11.0. The number of hydrogen-bond donors (Lipinski definition) is 3. The molecule has 1 aromatic heterocycles. The molecule has 0 saturated carbocycles. The van der Waals surface area contributed by atoms with E-state index in [9.17, 15) is 18.3 Å². The van der Waals surface area contributed by atoms with Gasteiger partial charge in [-0.2, -0.15) is 13.2 Å². The largest absolute Gasteiger partial charge is 0.494 e. The molecule has 0 fully saturated rings. The number of para-hydroxylation sites is 1. The van der Waals surface area contributed by atoms with Crippen LogP contribution in [0.4, 0.5) is 24.5 Å². The number of nitrogens with one attached hydrogen (secondary N) is 2. The zero-order valence-corrected chi connectivity index (χ0v) is 16.4. The monoisotopic (exact) mass is 404 g/mol. The quantitative estimate of drug-likeness (QED) is 0.507. The van der Waals surface area contributed by atoms with Crippen LogP contribution in [0.1, 0.15) is 18.1 Å². The fourth-order valence-electron chi connectivity index (χ4n) is 3.25. The highest BCUT2D eigenvalue weighted by atomic mass is 19.4. The molecule has 0 aliphatic heterocycles. The smallest absolute Gasteiger partial charge is 0.418 e. The summed E-state index contributed by atoms with van der Waals surface area (Å²) in [6.45, 7) is 2.42. The van der Waals surface area contributed by atoms with Crippen molar-refractivity contribution in [3.63, 3.8) is 0 Å². The second-order valence-corrected chi connectivity index (χ2v) is 7.23. The Bertz CT molecular complexity index is 1020. The molecule has 3 rings (SSSR count). The zero-order chi connectivity index (χ0) is 21.2. The molecule has 0 spiro atoms. The molecular formula is C21H23F3N4O. The van der Waals surface area contributed by atoms with Crippen LogP contribution >= 0.6 is 0 Å². The van der Waals surface area contributed by atoms with Crippen LogP contribution in [0.5, 0.6) is 5.88 Å². The van der Waals surface area contributed by atoms with Crippen LogP contribution in [-0.2, 0) is 6.18 Å². The van der Waals surface area contributed by atoms with Crippen molar-refractivity contribution in [1.29, 1.82) is 0 Å². The van der Waals surface area contributed by atoms with Gasteiger partial charge < -0.3 is 20.3 Å². The number of alkyl halides is 3. The molecule has 0 aliphatic carbocycles. The summed E-state index contributed by atoms with van der Waals surface area (Å²) >= 11 is 0. The van der Waals surface area contributed by atoms with Crippen molar-refractivity contribution >= 4 is 28.5 Å². The number of fused-ring (bicyclic) bond motifs is 1. The van der Waals surface area contributed by atoms with Crippen molar-refractivity contribution in [1.82, 2.24) is 9.88 Å². The van der Waals surface area contributed by atoms with Gasteiger partial charge in [0, 0.05) is 35.4 Å². The minimum Gasteiger partial charge on any atom is -0.494 e. The number of rotatable bonds is 6. The van der Waals surface area contributed by atoms with Gasteiger partial charge in [-0.1, -0.05) is 18.2 Å². The van der Waals surface area contributed by atoms with Gasteiger partial charge >= 0.3 is 6.18 Å². The lowest BCUT2D eigenvalue weighted by atomic mass is 10.1. The Morgan fingerprint density at radius 3 is 2.62 bits per heavy atom. The number of hydrogen-bond acceptors (Lipinski definition) is 4. The van der Waals surface area contributed by atoms with Crippen LogP contribution in [0.2, 0.25) is 0 Å². The van der Waals surface area contributed by atoms with Gasteiger partial charge in [-0.25, -0.2) is 0 Å². The summed E-state index contributed by atoms with van der Waals surface area (Å²) in [5, 5.41) is 13.7. The number of halogens is 3. The van der Waals surface area contributed by atoms with E-state index in [0.29, 0.717) is 12.1 Å². The molecule has 1 heterocycles. The van der Waals surface area contributed by atoms with Crippen LogP contribution in [0.15, 0.2) is 47.5 Å². The first-order valence-corrected chi connectivity index (χ1v) is 9.11. The summed E-state index contributed by atoms with van der Waals surface area (Å²) in [5.41, 5.74) is 0.530. The number of aromatic nitrogens is 1. The number of aromatic hydroxyl groups is 1. The number of aliphatic imine (C=N–C) groups is 1. The maximum atomic E-state index is 13.6. The van der Waals surface area contributed by atoms with E-state index in [1.807, 2.05) is 38.1 Å². The van der Waals surface area contributed by atoms with Crippen molar-refractivity contribution in [2.75, 3.05) is 26.0 Å². The lowest BCUT2D eigenvalue weighted by molar-refractivity contribution is -0.136. The minimum atomic E-state index is -4.52. The topological polar surface area (TPSA) is 63.6 Å². The number of benzene rings is 2. The molecule has 0 saturated heterocycles. The van der Waals surface area contributed by atoms with Gasteiger partial charge in [0.1, 0.15) is 0 Å². The number of anilines is 1. The van der Waals surface area contributed by atoms with Crippen LogP contribution in [0.25, 0.3) is 10.9 Å². The SMILES string of the molecule is CC(CN(C)C)Nc1ccc(N=Cc2c(O)[nH]c3ccccc23)cc1C(F)(F)F. The van der Waals surface area contributed by atoms with Gasteiger partial charge in [-0.15, -0.1) is 0 Å². The standard InChI is InChI=1S/C21H23F3N4O/c1-13(12-28(2)3)26-19-9-8-14(10-17(19)21(22,23)24)25-11-16-15-6-4-5-7-18(15)27-20(16)29/h4-11,13,26-27,29H,12H2,1-3H3. The first-order valence-electron chi connectivity index (χ1n) is 9.11. The highest BCUT2D eigenvalue weighted by molar-refractivity contribution is 6.02. The van der Waals surface area contributed by atoms with Gasteiger partial charge in [0.05, 0.1) is 16.8 Å². The number of likely N-dealkylation sites (N-methyl/N-ethyl adjacent to an activating group) is 1. The van der Waals surface area contributed by atoms with E-state index < -0.39 is 11.7 Å². The van der Waals surface area contributed by atoms with E-state index >= 15 is 0 Å². The van der Waals surface area contributed by atoms with Crippen molar-refractivity contribution in [2.24, 2.45) is 4.99 Å². The Morgan fingerprint density at radius 2 is 1.93 bits per heavy atom. The third kappa shape index (κ3) is 4.89. The van der Waals surface area contributed by atoms with E-state index in [2.05, 4.69) is 15.3 Å². The van der Waals surface area contributed by atoms with Gasteiger partial charge in [-0.05, 0) is 45.3 Å². The molecule has 2 aromatic carbocycles. The average molecular weight is 404 g/mol. The normalized spacial score (nSPS) is 13.5. The van der Waals surface area contributed by atoms with Gasteiger partial charge in [0.2, 0.25) is 0 Å². The Kier molecular flexibility index (Phi) is 5.83. The third-order valence-electron chi connectivity index (χ3n) is 4.42. The van der Waals surface area contributed by atoms with E-state index in [0.717, 1.165) is 17.0 Å². The van der Waals surface area contributed by atoms with E-state index in [1.54, 1.807) is 12.1 Å². The lowest BCUT2D eigenvalue weighted by Gasteiger charge is -2.22. The maximum Gasteiger partial charge on any atom is 0.418 e. The van der Waals surface area contributed by atoms with E-state index in [-0.39, 0.29) is 23.3 Å². The Labute approximate surface area is 166 Å². The Hall–Kier alpha value is -3.00. The number of aromatic amines is 1. The summed E-state index contributed by atoms with van der Waals surface area (Å²) in [7, 11) is 3.72. The van der Waals surface area contributed by atoms with Crippen molar-refractivity contribution < 1.29 is 18.3 Å². The highest BCUT2D eigenvalue weighted by Crippen LogP contribution is 2.37. The Morgan fingerprint density at radius 1 is 1.21 bits per heavy atom. The molecular weight excluding hydrogens is 381 g/mol. The molecule has 154 valence electrons. The van der Waals surface area contributed by atoms with Gasteiger partial charge in [0.25, 0.3) is 0 Å². The first kappa shape index (κ1) is 20.7. The van der Waals surface area contributed by atoms with Crippen LogP contribution in [0, 0.1) is 0 Å². The number of H-pyrrole nitrogens is 1. The fraction of sp³-hybridized carbons (Fsp3) is 0.286. The molecule has 0 radical (unpaired) electrons. The second kappa shape index (κ2) is 8.16. The van der Waals surface area contributed by atoms with Crippen LogP contribution in [-0.4, -0.2) is 47.9 Å². The third-order valence-corrected chi connectivity index (χ3v) is 4.42. The van der Waals surface area contributed by atoms with Crippen molar-refractivity contribution in [3.05, 3.63) is 53.6 Å². The second-order valence-electron chi connectivity index (χ2n) is 7.23. The molecule has 8 heteroatoms. The summed E-state index contributed by atoms with van der Waals surface area (Å²) in [6.07, 6.45) is -3.15. The minimum absolute atomic E-state index is 0.0146. The first-order chi connectivity index (χ1) is 13.6.